The number of hydrogen-bond donors (Lipinski definition) is 1. The number of likely N-dealkylation sites (N-methyl/N-ethyl adjacent to an activating group) is 1. The van der Waals surface area contributed by atoms with Gasteiger partial charge in [-0.25, -0.2) is 0 Å². The quantitative estimate of drug-likeness (QED) is 0.727. The molecule has 0 saturated carbocycles. The third kappa shape index (κ3) is 3.70. The van der Waals surface area contributed by atoms with E-state index < -0.39 is 0 Å². The first-order valence-electron chi connectivity index (χ1n) is 5.61. The minimum Gasteiger partial charge on any atom is -0.393 e. The van der Waals surface area contributed by atoms with Crippen molar-refractivity contribution in [2.75, 3.05) is 40.3 Å². The topological polar surface area (TPSA) is 32.5 Å². The summed E-state index contributed by atoms with van der Waals surface area (Å²) in [6.45, 7) is 6.73. The van der Waals surface area contributed by atoms with Gasteiger partial charge < -0.3 is 15.5 Å². The molecule has 1 rings (SSSR count). The lowest BCUT2D eigenvalue weighted by Crippen LogP contribution is -2.46. The molecule has 0 spiro atoms. The van der Waals surface area contributed by atoms with Gasteiger partial charge in [0, 0.05) is 18.5 Å². The summed E-state index contributed by atoms with van der Waals surface area (Å²) in [5.41, 5.74) is 5.87. The van der Waals surface area contributed by atoms with Crippen LogP contribution < -0.4 is 5.73 Å². The molecule has 0 aromatic rings. The minimum atomic E-state index is 0.101. The van der Waals surface area contributed by atoms with Crippen molar-refractivity contribution in [3.63, 3.8) is 0 Å². The van der Waals surface area contributed by atoms with Gasteiger partial charge in [-0.1, -0.05) is 19.1 Å². The number of likely N-dealkylation sites (tertiary alicyclic amines) is 1. The fourth-order valence-electron chi connectivity index (χ4n) is 1.86. The van der Waals surface area contributed by atoms with E-state index in [-0.39, 0.29) is 5.41 Å². The van der Waals surface area contributed by atoms with Gasteiger partial charge >= 0.3 is 0 Å². The second kappa shape index (κ2) is 5.23. The Bertz CT molecular complexity index is 220. The molecule has 1 aliphatic rings. The summed E-state index contributed by atoms with van der Waals surface area (Å²) >= 11 is 5.12. The molecule has 0 bridgehead atoms. The highest BCUT2D eigenvalue weighted by atomic mass is 32.1. The van der Waals surface area contributed by atoms with Crippen LogP contribution in [0.2, 0.25) is 0 Å². The highest BCUT2D eigenvalue weighted by Crippen LogP contribution is 2.30. The molecular weight excluding hydrogens is 206 g/mol. The molecule has 0 radical (unpaired) electrons. The fourth-order valence-corrected chi connectivity index (χ4v) is 2.06. The lowest BCUT2D eigenvalue weighted by Gasteiger charge is -2.39. The summed E-state index contributed by atoms with van der Waals surface area (Å²) in [4.78, 5) is 5.41. The van der Waals surface area contributed by atoms with Crippen LogP contribution >= 0.6 is 12.2 Å². The molecule has 3 nitrogen and oxygen atoms in total. The molecular formula is C11H23N3S. The van der Waals surface area contributed by atoms with E-state index in [1.54, 1.807) is 0 Å². The Balaban J connectivity index is 2.32. The van der Waals surface area contributed by atoms with E-state index >= 15 is 0 Å². The van der Waals surface area contributed by atoms with Crippen LogP contribution in [0.25, 0.3) is 0 Å². The summed E-state index contributed by atoms with van der Waals surface area (Å²) in [5, 5.41) is 0. The molecule has 0 aromatic heterocycles. The average Bonchev–Trinajstić information content (AvgIpc) is 2.16. The van der Waals surface area contributed by atoms with Crippen LogP contribution in [0.4, 0.5) is 0 Å². The predicted octanol–water partition coefficient (Wildman–Crippen LogP) is 0.936. The first kappa shape index (κ1) is 12.9. The molecule has 15 heavy (non-hydrogen) atoms. The third-order valence-electron chi connectivity index (χ3n) is 3.42. The summed E-state index contributed by atoms with van der Waals surface area (Å²) < 4.78 is 0. The Kier molecular flexibility index (Phi) is 4.49. The predicted molar refractivity (Wildman–Crippen MR) is 69.1 cm³/mol. The number of nitrogens with two attached hydrogens (primary N) is 1. The Hall–Kier alpha value is -0.190. The van der Waals surface area contributed by atoms with Crippen molar-refractivity contribution in [3.05, 3.63) is 0 Å². The minimum absolute atomic E-state index is 0.101. The SMILES string of the molecule is CN(C)CCN1CCC(C)(C(N)=S)CC1. The van der Waals surface area contributed by atoms with Gasteiger partial charge in [-0.3, -0.25) is 0 Å². The van der Waals surface area contributed by atoms with Gasteiger partial charge in [-0.2, -0.15) is 0 Å². The number of nitrogens with zero attached hydrogens (tertiary/aromatic N) is 2. The zero-order valence-electron chi connectivity index (χ0n) is 10.1. The second-order valence-electron chi connectivity index (χ2n) is 5.07. The summed E-state index contributed by atoms with van der Waals surface area (Å²) in [6, 6.07) is 0. The van der Waals surface area contributed by atoms with Crippen molar-refractivity contribution in [1.82, 2.24) is 9.80 Å². The van der Waals surface area contributed by atoms with E-state index in [2.05, 4.69) is 30.8 Å². The van der Waals surface area contributed by atoms with Gasteiger partial charge in [-0.15, -0.1) is 0 Å². The molecule has 1 aliphatic heterocycles. The van der Waals surface area contributed by atoms with Gasteiger partial charge in [0.1, 0.15) is 0 Å². The first-order valence-corrected chi connectivity index (χ1v) is 6.02. The number of hydrogen-bond acceptors (Lipinski definition) is 3. The Labute approximate surface area is 98.6 Å². The van der Waals surface area contributed by atoms with Gasteiger partial charge in [-0.05, 0) is 40.0 Å². The lowest BCUT2D eigenvalue weighted by molar-refractivity contribution is 0.153. The van der Waals surface area contributed by atoms with E-state index in [9.17, 15) is 0 Å². The smallest absolute Gasteiger partial charge is 0.0788 e. The van der Waals surface area contributed by atoms with Gasteiger partial charge in [0.25, 0.3) is 0 Å². The molecule has 0 amide bonds. The van der Waals surface area contributed by atoms with E-state index in [1.807, 2.05) is 0 Å². The molecule has 0 aliphatic carbocycles. The summed E-state index contributed by atoms with van der Waals surface area (Å²) in [5.74, 6) is 0. The van der Waals surface area contributed by atoms with Crippen molar-refractivity contribution in [1.29, 1.82) is 0 Å². The highest BCUT2D eigenvalue weighted by molar-refractivity contribution is 7.80. The molecule has 1 fully saturated rings. The summed E-state index contributed by atoms with van der Waals surface area (Å²) in [6.07, 6.45) is 2.21. The standard InChI is InChI=1S/C11H23N3S/c1-11(10(12)15)4-6-14(7-5-11)9-8-13(2)3/h4-9H2,1-3H3,(H2,12,15). The Morgan fingerprint density at radius 2 is 1.93 bits per heavy atom. The monoisotopic (exact) mass is 229 g/mol. The number of piperidine rings is 1. The molecule has 4 heteroatoms. The normalized spacial score (nSPS) is 21.9. The second-order valence-corrected chi connectivity index (χ2v) is 5.51. The van der Waals surface area contributed by atoms with Crippen molar-refractivity contribution >= 4 is 17.2 Å². The van der Waals surface area contributed by atoms with Crippen LogP contribution in [-0.2, 0) is 0 Å². The third-order valence-corrected chi connectivity index (χ3v) is 3.91. The van der Waals surface area contributed by atoms with Crippen molar-refractivity contribution in [2.45, 2.75) is 19.8 Å². The van der Waals surface area contributed by atoms with Gasteiger partial charge in [0.2, 0.25) is 0 Å². The van der Waals surface area contributed by atoms with E-state index in [0.717, 1.165) is 39.0 Å². The molecule has 88 valence electrons. The van der Waals surface area contributed by atoms with E-state index in [4.69, 9.17) is 18.0 Å². The molecule has 1 saturated heterocycles. The fraction of sp³-hybridized carbons (Fsp3) is 0.909. The molecule has 0 aromatic carbocycles. The van der Waals surface area contributed by atoms with Crippen molar-refractivity contribution in [2.24, 2.45) is 11.1 Å². The van der Waals surface area contributed by atoms with Crippen molar-refractivity contribution < 1.29 is 0 Å². The maximum absolute atomic E-state index is 5.77. The van der Waals surface area contributed by atoms with Crippen LogP contribution in [0.3, 0.4) is 0 Å². The largest absolute Gasteiger partial charge is 0.393 e. The Morgan fingerprint density at radius 3 is 2.33 bits per heavy atom. The number of rotatable bonds is 4. The molecule has 0 atom stereocenters. The van der Waals surface area contributed by atoms with Crippen LogP contribution in [0, 0.1) is 5.41 Å². The van der Waals surface area contributed by atoms with Crippen molar-refractivity contribution in [3.8, 4) is 0 Å². The molecule has 0 unspecified atom stereocenters. The van der Waals surface area contributed by atoms with Crippen LogP contribution in [0.1, 0.15) is 19.8 Å². The first-order chi connectivity index (χ1) is 6.94. The van der Waals surface area contributed by atoms with Crippen LogP contribution in [0.5, 0.6) is 0 Å². The number of thiocarbonyl (C=S) groups is 1. The summed E-state index contributed by atoms with van der Waals surface area (Å²) in [7, 11) is 4.23. The zero-order valence-corrected chi connectivity index (χ0v) is 10.9. The van der Waals surface area contributed by atoms with E-state index in [1.165, 1.54) is 0 Å². The van der Waals surface area contributed by atoms with Gasteiger partial charge in [0.15, 0.2) is 0 Å². The van der Waals surface area contributed by atoms with Gasteiger partial charge in [0.05, 0.1) is 4.99 Å². The Morgan fingerprint density at radius 1 is 1.40 bits per heavy atom. The zero-order chi connectivity index (χ0) is 11.5. The maximum Gasteiger partial charge on any atom is 0.0788 e. The molecule has 2 N–H and O–H groups in total. The van der Waals surface area contributed by atoms with E-state index in [0.29, 0.717) is 4.99 Å². The lowest BCUT2D eigenvalue weighted by atomic mass is 9.80. The van der Waals surface area contributed by atoms with Crippen LogP contribution in [0.15, 0.2) is 0 Å². The maximum atomic E-state index is 5.77. The van der Waals surface area contributed by atoms with Crippen LogP contribution in [-0.4, -0.2) is 55.1 Å². The highest BCUT2D eigenvalue weighted by Gasteiger charge is 2.32. The average molecular weight is 229 g/mol. The molecule has 1 heterocycles.